The van der Waals surface area contributed by atoms with Crippen LogP contribution in [0.2, 0.25) is 0 Å². The van der Waals surface area contributed by atoms with E-state index in [9.17, 15) is 0 Å². The van der Waals surface area contributed by atoms with Crippen LogP contribution in [0.15, 0.2) is 35.3 Å². The predicted octanol–water partition coefficient (Wildman–Crippen LogP) is 1.83. The molecule has 1 heterocycles. The van der Waals surface area contributed by atoms with Gasteiger partial charge >= 0.3 is 0 Å². The van der Waals surface area contributed by atoms with Gasteiger partial charge in [0, 0.05) is 18.2 Å². The quantitative estimate of drug-likeness (QED) is 0.737. The largest absolute Gasteiger partial charge is 0.379 e. The lowest BCUT2D eigenvalue weighted by Crippen LogP contribution is -2.19. The third kappa shape index (κ3) is 2.04. The van der Waals surface area contributed by atoms with Crippen molar-refractivity contribution >= 4 is 16.9 Å². The van der Waals surface area contributed by atoms with Crippen molar-refractivity contribution in [2.24, 2.45) is 10.7 Å². The number of benzene rings is 1. The summed E-state index contributed by atoms with van der Waals surface area (Å²) in [6.07, 6.45) is 0. The molecule has 2 N–H and O–H groups in total. The van der Waals surface area contributed by atoms with Gasteiger partial charge in [-0.25, -0.2) is 0 Å². The molecule has 68 valence electrons. The number of rotatable bonds is 1. The van der Waals surface area contributed by atoms with Gasteiger partial charge in [-0.15, -0.1) is 0 Å². The van der Waals surface area contributed by atoms with Gasteiger partial charge in [-0.1, -0.05) is 42.1 Å². The molecule has 1 unspecified atom stereocenters. The second-order valence-corrected chi connectivity index (χ2v) is 4.14. The fourth-order valence-corrected chi connectivity index (χ4v) is 2.25. The summed E-state index contributed by atoms with van der Waals surface area (Å²) < 4.78 is 0. The van der Waals surface area contributed by atoms with Crippen LogP contribution in [0.3, 0.4) is 0 Å². The molecule has 1 aromatic carbocycles. The summed E-state index contributed by atoms with van der Waals surface area (Å²) >= 11 is 1.65. The minimum Gasteiger partial charge on any atom is -0.379 e. The van der Waals surface area contributed by atoms with E-state index in [2.05, 4.69) is 29.3 Å². The van der Waals surface area contributed by atoms with Gasteiger partial charge in [0.15, 0.2) is 5.17 Å². The molecule has 3 heteroatoms. The number of amidine groups is 1. The molecule has 0 aliphatic carbocycles. The van der Waals surface area contributed by atoms with E-state index in [4.69, 9.17) is 5.73 Å². The zero-order valence-corrected chi connectivity index (χ0v) is 8.13. The van der Waals surface area contributed by atoms with Crippen molar-refractivity contribution in [3.05, 3.63) is 35.9 Å². The van der Waals surface area contributed by atoms with Crippen molar-refractivity contribution in [2.45, 2.75) is 5.92 Å². The summed E-state index contributed by atoms with van der Waals surface area (Å²) in [4.78, 5) is 4.25. The number of thioether (sulfide) groups is 1. The second-order valence-electron chi connectivity index (χ2n) is 3.10. The number of hydrogen-bond donors (Lipinski definition) is 1. The molecule has 1 aliphatic rings. The molecule has 0 radical (unpaired) electrons. The fraction of sp³-hybridized carbons (Fsp3) is 0.300. The molecule has 0 fully saturated rings. The maximum absolute atomic E-state index is 5.59. The van der Waals surface area contributed by atoms with Crippen LogP contribution in [0.25, 0.3) is 0 Å². The summed E-state index contributed by atoms with van der Waals surface area (Å²) in [5.74, 6) is 1.60. The minimum atomic E-state index is 0.540. The average Bonchev–Trinajstić information content (AvgIpc) is 2.20. The summed E-state index contributed by atoms with van der Waals surface area (Å²) in [6.45, 7) is 0.836. The first-order chi connectivity index (χ1) is 6.36. The molecule has 2 nitrogen and oxygen atoms in total. The van der Waals surface area contributed by atoms with E-state index in [-0.39, 0.29) is 0 Å². The molecule has 0 bridgehead atoms. The van der Waals surface area contributed by atoms with Gasteiger partial charge in [-0.05, 0) is 5.56 Å². The lowest BCUT2D eigenvalue weighted by molar-refractivity contribution is 0.782. The standard InChI is InChI=1S/C10H12N2S/c11-10-12-6-9(7-13-10)8-4-2-1-3-5-8/h1-5,9H,6-7H2,(H2,11,12). The molecule has 1 aliphatic heterocycles. The SMILES string of the molecule is NC1=NCC(c2ccccc2)CS1. The average molecular weight is 192 g/mol. The van der Waals surface area contributed by atoms with Crippen LogP contribution in [0.1, 0.15) is 11.5 Å². The summed E-state index contributed by atoms with van der Waals surface area (Å²) in [5, 5.41) is 0.729. The highest BCUT2D eigenvalue weighted by Crippen LogP contribution is 2.24. The van der Waals surface area contributed by atoms with Gasteiger partial charge < -0.3 is 5.73 Å². The maximum Gasteiger partial charge on any atom is 0.153 e. The van der Waals surface area contributed by atoms with Gasteiger partial charge in [-0.2, -0.15) is 0 Å². The Morgan fingerprint density at radius 3 is 2.69 bits per heavy atom. The molecule has 13 heavy (non-hydrogen) atoms. The van der Waals surface area contributed by atoms with E-state index in [0.717, 1.165) is 17.5 Å². The first-order valence-corrected chi connectivity index (χ1v) is 5.32. The van der Waals surface area contributed by atoms with Crippen LogP contribution < -0.4 is 5.73 Å². The van der Waals surface area contributed by atoms with E-state index in [1.54, 1.807) is 11.8 Å². The van der Waals surface area contributed by atoms with Crippen molar-refractivity contribution in [1.29, 1.82) is 0 Å². The Hall–Kier alpha value is -0.960. The molecule has 1 atom stereocenters. The fourth-order valence-electron chi connectivity index (χ4n) is 1.41. The van der Waals surface area contributed by atoms with Crippen LogP contribution >= 0.6 is 11.8 Å². The maximum atomic E-state index is 5.59. The van der Waals surface area contributed by atoms with E-state index in [0.29, 0.717) is 5.92 Å². The lowest BCUT2D eigenvalue weighted by atomic mass is 10.0. The van der Waals surface area contributed by atoms with Gasteiger partial charge in [0.25, 0.3) is 0 Å². The number of hydrogen-bond acceptors (Lipinski definition) is 3. The Balaban J connectivity index is 2.12. The topological polar surface area (TPSA) is 38.4 Å². The second kappa shape index (κ2) is 3.83. The third-order valence-corrected chi connectivity index (χ3v) is 3.16. The van der Waals surface area contributed by atoms with Crippen LogP contribution in [0, 0.1) is 0 Å². The molecular weight excluding hydrogens is 180 g/mol. The molecule has 1 aromatic rings. The van der Waals surface area contributed by atoms with Crippen LogP contribution in [-0.4, -0.2) is 17.5 Å². The molecule has 0 saturated heterocycles. The summed E-state index contributed by atoms with van der Waals surface area (Å²) in [7, 11) is 0. The van der Waals surface area contributed by atoms with Gasteiger partial charge in [-0.3, -0.25) is 4.99 Å². The van der Waals surface area contributed by atoms with E-state index in [1.165, 1.54) is 5.56 Å². The number of nitrogens with zero attached hydrogens (tertiary/aromatic N) is 1. The van der Waals surface area contributed by atoms with Crippen LogP contribution in [0.4, 0.5) is 0 Å². The molecule has 0 saturated carbocycles. The predicted molar refractivity (Wildman–Crippen MR) is 58.1 cm³/mol. The lowest BCUT2D eigenvalue weighted by Gasteiger charge is -2.18. The minimum absolute atomic E-state index is 0.540. The Kier molecular flexibility index (Phi) is 2.54. The highest BCUT2D eigenvalue weighted by Gasteiger charge is 2.15. The third-order valence-electron chi connectivity index (χ3n) is 2.17. The van der Waals surface area contributed by atoms with E-state index >= 15 is 0 Å². The normalized spacial score (nSPS) is 22.5. The summed E-state index contributed by atoms with van der Waals surface area (Å²) in [6, 6.07) is 10.5. The molecular formula is C10H12N2S. The Morgan fingerprint density at radius 2 is 2.08 bits per heavy atom. The zero-order chi connectivity index (χ0) is 9.10. The monoisotopic (exact) mass is 192 g/mol. The van der Waals surface area contributed by atoms with E-state index in [1.807, 2.05) is 6.07 Å². The van der Waals surface area contributed by atoms with Gasteiger partial charge in [0.2, 0.25) is 0 Å². The molecule has 2 rings (SSSR count). The molecule has 0 aromatic heterocycles. The Labute approximate surface area is 82.2 Å². The molecule has 0 spiro atoms. The Morgan fingerprint density at radius 1 is 1.31 bits per heavy atom. The van der Waals surface area contributed by atoms with Crippen LogP contribution in [0.5, 0.6) is 0 Å². The van der Waals surface area contributed by atoms with E-state index < -0.39 is 0 Å². The summed E-state index contributed by atoms with van der Waals surface area (Å²) in [5.41, 5.74) is 6.95. The first-order valence-electron chi connectivity index (χ1n) is 4.34. The highest BCUT2D eigenvalue weighted by molar-refractivity contribution is 8.13. The zero-order valence-electron chi connectivity index (χ0n) is 7.31. The van der Waals surface area contributed by atoms with Crippen molar-refractivity contribution < 1.29 is 0 Å². The Bertz CT molecular complexity index is 308. The first kappa shape index (κ1) is 8.63. The van der Waals surface area contributed by atoms with Crippen molar-refractivity contribution in [1.82, 2.24) is 0 Å². The van der Waals surface area contributed by atoms with Gasteiger partial charge in [0.1, 0.15) is 0 Å². The van der Waals surface area contributed by atoms with Crippen LogP contribution in [-0.2, 0) is 0 Å². The van der Waals surface area contributed by atoms with Gasteiger partial charge in [0.05, 0.1) is 0 Å². The highest BCUT2D eigenvalue weighted by atomic mass is 32.2. The van der Waals surface area contributed by atoms with Crippen molar-refractivity contribution in [3.8, 4) is 0 Å². The number of nitrogens with two attached hydrogens (primary N) is 1. The smallest absolute Gasteiger partial charge is 0.153 e. The molecule has 0 amide bonds. The van der Waals surface area contributed by atoms with Crippen molar-refractivity contribution in [2.75, 3.05) is 12.3 Å². The number of aliphatic imine (C=N–C) groups is 1. The van der Waals surface area contributed by atoms with Crippen molar-refractivity contribution in [3.63, 3.8) is 0 Å².